The molecular weight excluding hydrogens is 574 g/mol. The summed E-state index contributed by atoms with van der Waals surface area (Å²) in [5.41, 5.74) is 0.774. The lowest BCUT2D eigenvalue weighted by Crippen LogP contribution is -2.57. The summed E-state index contributed by atoms with van der Waals surface area (Å²) in [6.45, 7) is 3.58. The van der Waals surface area contributed by atoms with Gasteiger partial charge in [-0.05, 0) is 88.8 Å². The minimum absolute atomic E-state index is 0.0504. The third kappa shape index (κ3) is 9.18. The molecule has 0 aromatic heterocycles. The summed E-state index contributed by atoms with van der Waals surface area (Å²) in [4.78, 5) is 40.5. The first-order chi connectivity index (χ1) is 20.2. The molecule has 0 bridgehead atoms. The first-order valence-electron chi connectivity index (χ1n) is 15.1. The first-order valence-corrected chi connectivity index (χ1v) is 17.0. The van der Waals surface area contributed by atoms with Gasteiger partial charge in [-0.1, -0.05) is 23.8 Å². The molecule has 2 amide bonds. The molecular formula is C31H45N3O8S. The molecule has 5 atom stereocenters. The molecule has 43 heavy (non-hydrogen) atoms. The van der Waals surface area contributed by atoms with Crippen molar-refractivity contribution in [3.63, 3.8) is 0 Å². The van der Waals surface area contributed by atoms with E-state index in [0.717, 1.165) is 31.1 Å². The minimum atomic E-state index is -3.41. The van der Waals surface area contributed by atoms with Crippen LogP contribution >= 0.6 is 0 Å². The Labute approximate surface area is 253 Å². The molecule has 5 unspecified atom stereocenters. The number of ether oxygens (including phenoxy) is 1. The number of nitrogens with one attached hydrogen (secondary N) is 3. The minimum Gasteiger partial charge on any atom is -0.393 e. The van der Waals surface area contributed by atoms with E-state index in [1.165, 1.54) is 12.1 Å². The van der Waals surface area contributed by atoms with Crippen LogP contribution in [0.2, 0.25) is 0 Å². The molecule has 5 N–H and O–H groups in total. The van der Waals surface area contributed by atoms with Crippen LogP contribution in [-0.2, 0) is 35.4 Å². The van der Waals surface area contributed by atoms with Gasteiger partial charge in [0.1, 0.15) is 17.9 Å². The zero-order chi connectivity index (χ0) is 31.4. The number of amides is 2. The Hall–Kier alpha value is -2.64. The van der Waals surface area contributed by atoms with E-state index in [1.807, 2.05) is 0 Å². The van der Waals surface area contributed by atoms with Crippen molar-refractivity contribution in [3.05, 3.63) is 41.5 Å². The molecule has 2 fully saturated rings. The second kappa shape index (κ2) is 14.0. The number of sulfone groups is 1. The zero-order valence-electron chi connectivity index (χ0n) is 25.2. The van der Waals surface area contributed by atoms with Gasteiger partial charge >= 0.3 is 0 Å². The third-order valence-corrected chi connectivity index (χ3v) is 9.89. The Bertz CT molecular complexity index is 1300. The monoisotopic (exact) mass is 619 g/mol. The van der Waals surface area contributed by atoms with E-state index in [0.29, 0.717) is 37.7 Å². The van der Waals surface area contributed by atoms with Crippen molar-refractivity contribution in [3.8, 4) is 0 Å². The van der Waals surface area contributed by atoms with Gasteiger partial charge in [-0.3, -0.25) is 19.7 Å². The molecule has 1 heterocycles. The van der Waals surface area contributed by atoms with Crippen molar-refractivity contribution < 1.29 is 37.8 Å². The summed E-state index contributed by atoms with van der Waals surface area (Å²) in [6.07, 6.45) is 7.52. The Balaban J connectivity index is 1.49. The fraction of sp³-hybridized carbons (Fsp3) is 0.645. The summed E-state index contributed by atoms with van der Waals surface area (Å²) in [6, 6.07) is 3.34. The predicted octanol–water partition coefficient (Wildman–Crippen LogP) is 1.31. The maximum atomic E-state index is 13.7. The zero-order valence-corrected chi connectivity index (χ0v) is 26.0. The van der Waals surface area contributed by atoms with Crippen LogP contribution in [0.5, 0.6) is 0 Å². The van der Waals surface area contributed by atoms with E-state index in [2.05, 4.69) is 22.0 Å². The van der Waals surface area contributed by atoms with Gasteiger partial charge in [0.15, 0.2) is 15.6 Å². The average Bonchev–Trinajstić information content (AvgIpc) is 3.50. The quantitative estimate of drug-likeness (QED) is 0.117. The van der Waals surface area contributed by atoms with Crippen molar-refractivity contribution >= 4 is 27.4 Å². The highest BCUT2D eigenvalue weighted by molar-refractivity contribution is 7.90. The molecule has 238 valence electrons. The van der Waals surface area contributed by atoms with Crippen LogP contribution in [0.15, 0.2) is 40.8 Å². The number of hydrogen-bond acceptors (Lipinski definition) is 9. The van der Waals surface area contributed by atoms with Gasteiger partial charge in [0.25, 0.3) is 0 Å². The molecule has 1 saturated carbocycles. The SMILES string of the molecule is CC(NC(O)C1CCC(O)CC1)C(=O)NC(Cc1ccc(S(C)(=O)=O)cc1)C(=O)NC(CC1=CCCC1)C(=O)C1(C)CO1. The van der Waals surface area contributed by atoms with Crippen molar-refractivity contribution in [2.24, 2.45) is 5.92 Å². The molecule has 0 radical (unpaired) electrons. The second-order valence-electron chi connectivity index (χ2n) is 12.5. The maximum absolute atomic E-state index is 13.7. The Morgan fingerprint density at radius 1 is 1.02 bits per heavy atom. The number of carbonyl (C=O) groups excluding carboxylic acids is 3. The molecule has 1 saturated heterocycles. The Kier molecular flexibility index (Phi) is 10.8. The number of carbonyl (C=O) groups is 3. The van der Waals surface area contributed by atoms with Crippen LogP contribution in [0, 0.1) is 5.92 Å². The largest absolute Gasteiger partial charge is 0.393 e. The van der Waals surface area contributed by atoms with Crippen LogP contribution in [0.25, 0.3) is 0 Å². The van der Waals surface area contributed by atoms with Gasteiger partial charge in [0, 0.05) is 12.7 Å². The van der Waals surface area contributed by atoms with Crippen molar-refractivity contribution in [2.75, 3.05) is 12.9 Å². The highest BCUT2D eigenvalue weighted by atomic mass is 32.2. The smallest absolute Gasteiger partial charge is 0.243 e. The molecule has 11 nitrogen and oxygen atoms in total. The van der Waals surface area contributed by atoms with Crippen molar-refractivity contribution in [2.45, 2.75) is 113 Å². The van der Waals surface area contributed by atoms with E-state index in [-0.39, 0.29) is 35.7 Å². The molecule has 2 aliphatic carbocycles. The maximum Gasteiger partial charge on any atom is 0.243 e. The molecule has 12 heteroatoms. The Morgan fingerprint density at radius 3 is 2.21 bits per heavy atom. The number of hydrogen-bond donors (Lipinski definition) is 5. The summed E-state index contributed by atoms with van der Waals surface area (Å²) < 4.78 is 29.2. The number of Topliss-reactive ketones (excluding diaryl/α,β-unsaturated/α-hetero) is 1. The van der Waals surface area contributed by atoms with Gasteiger partial charge in [-0.25, -0.2) is 8.42 Å². The number of rotatable bonds is 14. The predicted molar refractivity (Wildman–Crippen MR) is 160 cm³/mol. The van der Waals surface area contributed by atoms with Crippen LogP contribution in [-0.4, -0.2) is 85.1 Å². The van der Waals surface area contributed by atoms with Crippen molar-refractivity contribution in [1.29, 1.82) is 0 Å². The number of allylic oxidation sites excluding steroid dienone is 1. The van der Waals surface area contributed by atoms with E-state index >= 15 is 0 Å². The summed E-state index contributed by atoms with van der Waals surface area (Å²) in [7, 11) is -3.41. The summed E-state index contributed by atoms with van der Waals surface area (Å²) >= 11 is 0. The number of benzene rings is 1. The number of epoxide rings is 1. The second-order valence-corrected chi connectivity index (χ2v) is 14.5. The van der Waals surface area contributed by atoms with E-state index < -0.39 is 51.6 Å². The topological polar surface area (TPSA) is 174 Å². The number of aliphatic hydroxyl groups excluding tert-OH is 2. The number of ketones is 1. The van der Waals surface area contributed by atoms with Gasteiger partial charge in [0.2, 0.25) is 11.8 Å². The lowest BCUT2D eigenvalue weighted by atomic mass is 9.86. The fourth-order valence-electron chi connectivity index (χ4n) is 5.79. The molecule has 1 aliphatic heterocycles. The van der Waals surface area contributed by atoms with Gasteiger partial charge in [-0.15, -0.1) is 0 Å². The van der Waals surface area contributed by atoms with Crippen LogP contribution in [0.3, 0.4) is 0 Å². The van der Waals surface area contributed by atoms with E-state index in [9.17, 15) is 33.0 Å². The molecule has 1 aromatic rings. The standard InChI is InChI=1S/C31H45N3O8S/c1-19(32-29(38)22-10-12-23(35)13-11-22)28(37)34-26(17-21-8-14-24(15-9-21)43(3,40)41)30(39)33-25(16-20-6-4-5-7-20)27(36)31(2)18-42-31/h6,8-9,14-15,19,22-23,25-26,29,32,35,38H,4-5,7,10-13,16-18H2,1-3H3,(H,33,39)(H,34,37). The van der Waals surface area contributed by atoms with Crippen molar-refractivity contribution in [1.82, 2.24) is 16.0 Å². The van der Waals surface area contributed by atoms with Gasteiger partial charge < -0.3 is 25.6 Å². The summed E-state index contributed by atoms with van der Waals surface area (Å²) in [5.74, 6) is -1.38. The fourth-order valence-corrected chi connectivity index (χ4v) is 6.42. The Morgan fingerprint density at radius 2 is 1.65 bits per heavy atom. The van der Waals surface area contributed by atoms with E-state index in [1.54, 1.807) is 26.0 Å². The average molecular weight is 620 g/mol. The molecule has 1 aromatic carbocycles. The highest BCUT2D eigenvalue weighted by Crippen LogP contribution is 2.31. The first kappa shape index (κ1) is 33.3. The van der Waals surface area contributed by atoms with Crippen LogP contribution < -0.4 is 16.0 Å². The molecule has 3 aliphatic rings. The van der Waals surface area contributed by atoms with E-state index in [4.69, 9.17) is 4.74 Å². The third-order valence-electron chi connectivity index (χ3n) is 8.76. The highest BCUT2D eigenvalue weighted by Gasteiger charge is 2.50. The lowest BCUT2D eigenvalue weighted by molar-refractivity contribution is -0.133. The summed E-state index contributed by atoms with van der Waals surface area (Å²) in [5, 5.41) is 29.0. The normalized spacial score (nSPS) is 26.5. The molecule has 4 rings (SSSR count). The van der Waals surface area contributed by atoms with Crippen LogP contribution in [0.1, 0.15) is 70.8 Å². The van der Waals surface area contributed by atoms with Gasteiger partial charge in [-0.2, -0.15) is 0 Å². The van der Waals surface area contributed by atoms with Crippen LogP contribution in [0.4, 0.5) is 0 Å². The molecule has 0 spiro atoms. The lowest BCUT2D eigenvalue weighted by Gasteiger charge is -2.31. The number of aliphatic hydroxyl groups is 2. The van der Waals surface area contributed by atoms with Gasteiger partial charge in [0.05, 0.1) is 29.7 Å².